The Labute approximate surface area is 184 Å². The third-order valence-electron chi connectivity index (χ3n) is 5.57. The summed E-state index contributed by atoms with van der Waals surface area (Å²) < 4.78 is 7.88. The molecule has 4 aromatic rings. The lowest BCUT2D eigenvalue weighted by molar-refractivity contribution is 0.309. The molecule has 0 unspecified atom stereocenters. The van der Waals surface area contributed by atoms with Gasteiger partial charge in [0.2, 0.25) is 0 Å². The third-order valence-corrected chi connectivity index (χ3v) is 5.57. The highest BCUT2D eigenvalue weighted by molar-refractivity contribution is 5.81. The van der Waals surface area contributed by atoms with Gasteiger partial charge in [-0.2, -0.15) is 0 Å². The van der Waals surface area contributed by atoms with Gasteiger partial charge in [-0.15, -0.1) is 0 Å². The van der Waals surface area contributed by atoms with Crippen molar-refractivity contribution in [2.24, 2.45) is 0 Å². The SMILES string of the molecule is CCCCOc1ccc(-n2cnc3cc(NCc4ccc(C(C)C)cc4)ccc32)cc1. The van der Waals surface area contributed by atoms with Crippen LogP contribution in [-0.2, 0) is 6.54 Å². The summed E-state index contributed by atoms with van der Waals surface area (Å²) in [7, 11) is 0. The molecule has 0 aliphatic heterocycles. The molecule has 160 valence electrons. The van der Waals surface area contributed by atoms with Crippen LogP contribution in [0.15, 0.2) is 73.1 Å². The summed E-state index contributed by atoms with van der Waals surface area (Å²) in [6.45, 7) is 8.17. The monoisotopic (exact) mass is 413 g/mol. The van der Waals surface area contributed by atoms with E-state index < -0.39 is 0 Å². The van der Waals surface area contributed by atoms with E-state index in [4.69, 9.17) is 4.74 Å². The minimum atomic E-state index is 0.560. The second-order valence-electron chi connectivity index (χ2n) is 8.26. The van der Waals surface area contributed by atoms with Crippen molar-refractivity contribution >= 4 is 16.7 Å². The molecule has 1 N–H and O–H groups in total. The van der Waals surface area contributed by atoms with Crippen LogP contribution in [0.2, 0.25) is 0 Å². The number of anilines is 1. The van der Waals surface area contributed by atoms with Gasteiger partial charge in [0.1, 0.15) is 12.1 Å². The average molecular weight is 414 g/mol. The largest absolute Gasteiger partial charge is 0.494 e. The van der Waals surface area contributed by atoms with Gasteiger partial charge in [-0.1, -0.05) is 51.5 Å². The smallest absolute Gasteiger partial charge is 0.119 e. The number of benzene rings is 3. The van der Waals surface area contributed by atoms with E-state index in [9.17, 15) is 0 Å². The minimum absolute atomic E-state index is 0.560. The maximum absolute atomic E-state index is 5.77. The highest BCUT2D eigenvalue weighted by Crippen LogP contribution is 2.24. The van der Waals surface area contributed by atoms with Crippen LogP contribution in [0.5, 0.6) is 5.75 Å². The summed E-state index contributed by atoms with van der Waals surface area (Å²) in [5, 5.41) is 3.52. The lowest BCUT2D eigenvalue weighted by Crippen LogP contribution is -2.00. The molecule has 0 amide bonds. The molecule has 0 atom stereocenters. The summed E-state index contributed by atoms with van der Waals surface area (Å²) in [5.41, 5.74) is 6.86. The fourth-order valence-corrected chi connectivity index (χ4v) is 3.59. The molecule has 0 spiro atoms. The van der Waals surface area contributed by atoms with Crippen molar-refractivity contribution in [3.05, 3.63) is 84.2 Å². The molecule has 0 saturated heterocycles. The van der Waals surface area contributed by atoms with E-state index in [0.29, 0.717) is 5.92 Å². The quantitative estimate of drug-likeness (QED) is 0.302. The normalized spacial score (nSPS) is 11.2. The molecule has 1 aromatic heterocycles. The highest BCUT2D eigenvalue weighted by atomic mass is 16.5. The third kappa shape index (κ3) is 5.08. The summed E-state index contributed by atoms with van der Waals surface area (Å²) in [6.07, 6.45) is 4.10. The Bertz CT molecular complexity index is 1110. The predicted octanol–water partition coefficient (Wildman–Crippen LogP) is 6.94. The predicted molar refractivity (Wildman–Crippen MR) is 129 cm³/mol. The first kappa shape index (κ1) is 21.0. The highest BCUT2D eigenvalue weighted by Gasteiger charge is 2.07. The van der Waals surface area contributed by atoms with Crippen molar-refractivity contribution in [3.63, 3.8) is 0 Å². The van der Waals surface area contributed by atoms with E-state index in [0.717, 1.165) is 54.2 Å². The summed E-state index contributed by atoms with van der Waals surface area (Å²) >= 11 is 0. The van der Waals surface area contributed by atoms with Gasteiger partial charge >= 0.3 is 0 Å². The second-order valence-corrected chi connectivity index (χ2v) is 8.26. The maximum Gasteiger partial charge on any atom is 0.119 e. The molecule has 4 rings (SSSR count). The van der Waals surface area contributed by atoms with Crippen LogP contribution in [0.25, 0.3) is 16.7 Å². The van der Waals surface area contributed by atoms with Crippen LogP contribution in [0.1, 0.15) is 50.7 Å². The van der Waals surface area contributed by atoms with E-state index in [2.05, 4.69) is 90.2 Å². The topological polar surface area (TPSA) is 39.1 Å². The first-order valence-corrected chi connectivity index (χ1v) is 11.2. The second kappa shape index (κ2) is 9.69. The Balaban J connectivity index is 1.44. The number of nitrogens with one attached hydrogen (secondary N) is 1. The number of hydrogen-bond donors (Lipinski definition) is 1. The molecule has 3 aromatic carbocycles. The average Bonchev–Trinajstić information content (AvgIpc) is 3.22. The first-order chi connectivity index (χ1) is 15.1. The zero-order valence-electron chi connectivity index (χ0n) is 18.6. The van der Waals surface area contributed by atoms with E-state index in [1.807, 2.05) is 18.5 Å². The van der Waals surface area contributed by atoms with Crippen molar-refractivity contribution in [2.75, 3.05) is 11.9 Å². The van der Waals surface area contributed by atoms with Gasteiger partial charge in [0.15, 0.2) is 0 Å². The van der Waals surface area contributed by atoms with Crippen molar-refractivity contribution < 1.29 is 4.74 Å². The zero-order chi connectivity index (χ0) is 21.6. The number of unbranched alkanes of at least 4 members (excludes halogenated alkanes) is 1. The number of imidazole rings is 1. The summed E-state index contributed by atoms with van der Waals surface area (Å²) in [6, 6.07) is 23.4. The Morgan fingerprint density at radius 1 is 0.968 bits per heavy atom. The van der Waals surface area contributed by atoms with E-state index >= 15 is 0 Å². The molecular weight excluding hydrogens is 382 g/mol. The minimum Gasteiger partial charge on any atom is -0.494 e. The Hall–Kier alpha value is -3.27. The maximum atomic E-state index is 5.77. The van der Waals surface area contributed by atoms with Gasteiger partial charge in [0, 0.05) is 17.9 Å². The first-order valence-electron chi connectivity index (χ1n) is 11.2. The van der Waals surface area contributed by atoms with Crippen molar-refractivity contribution in [2.45, 2.75) is 46.1 Å². The van der Waals surface area contributed by atoms with Crippen LogP contribution >= 0.6 is 0 Å². The fourth-order valence-electron chi connectivity index (χ4n) is 3.59. The number of aromatic nitrogens is 2. The number of fused-ring (bicyclic) bond motifs is 1. The van der Waals surface area contributed by atoms with Gasteiger partial charge in [0.05, 0.1) is 17.6 Å². The molecular formula is C27H31N3O. The summed E-state index contributed by atoms with van der Waals surface area (Å²) in [4.78, 5) is 4.62. The Morgan fingerprint density at radius 3 is 2.45 bits per heavy atom. The van der Waals surface area contributed by atoms with Crippen molar-refractivity contribution in [1.82, 2.24) is 9.55 Å². The molecule has 1 heterocycles. The van der Waals surface area contributed by atoms with E-state index in [-0.39, 0.29) is 0 Å². The van der Waals surface area contributed by atoms with E-state index in [1.165, 1.54) is 11.1 Å². The van der Waals surface area contributed by atoms with Gasteiger partial charge in [-0.25, -0.2) is 4.98 Å². The lowest BCUT2D eigenvalue weighted by Gasteiger charge is -2.10. The molecule has 31 heavy (non-hydrogen) atoms. The van der Waals surface area contributed by atoms with Crippen LogP contribution in [-0.4, -0.2) is 16.2 Å². The fraction of sp³-hybridized carbons (Fsp3) is 0.296. The van der Waals surface area contributed by atoms with Gasteiger partial charge in [-0.3, -0.25) is 4.57 Å². The van der Waals surface area contributed by atoms with Crippen LogP contribution < -0.4 is 10.1 Å². The van der Waals surface area contributed by atoms with Crippen LogP contribution in [0.4, 0.5) is 5.69 Å². The van der Waals surface area contributed by atoms with Gasteiger partial charge in [-0.05, 0) is 65.9 Å². The number of ether oxygens (including phenoxy) is 1. The van der Waals surface area contributed by atoms with E-state index in [1.54, 1.807) is 0 Å². The van der Waals surface area contributed by atoms with Gasteiger partial charge in [0.25, 0.3) is 0 Å². The Morgan fingerprint density at radius 2 is 1.74 bits per heavy atom. The zero-order valence-corrected chi connectivity index (χ0v) is 18.6. The molecule has 4 nitrogen and oxygen atoms in total. The molecule has 0 saturated carbocycles. The van der Waals surface area contributed by atoms with Crippen molar-refractivity contribution in [3.8, 4) is 11.4 Å². The number of nitrogens with zero attached hydrogens (tertiary/aromatic N) is 2. The molecule has 4 heteroatoms. The standard InChI is InChI=1S/C27H31N3O/c1-4-5-16-31-25-13-11-24(12-14-25)30-19-29-26-17-23(10-15-27(26)30)28-18-21-6-8-22(9-7-21)20(2)3/h6-15,17,19-20,28H,4-5,16,18H2,1-3H3. The molecule has 0 bridgehead atoms. The molecule has 0 aliphatic carbocycles. The molecule has 0 fully saturated rings. The van der Waals surface area contributed by atoms with Gasteiger partial charge < -0.3 is 10.1 Å². The lowest BCUT2D eigenvalue weighted by atomic mass is 10.0. The molecule has 0 aliphatic rings. The number of rotatable bonds is 9. The van der Waals surface area contributed by atoms with Crippen LogP contribution in [0, 0.1) is 0 Å². The number of hydrogen-bond acceptors (Lipinski definition) is 3. The van der Waals surface area contributed by atoms with Crippen molar-refractivity contribution in [1.29, 1.82) is 0 Å². The van der Waals surface area contributed by atoms with Crippen LogP contribution in [0.3, 0.4) is 0 Å². The Kier molecular flexibility index (Phi) is 6.56. The summed E-state index contributed by atoms with van der Waals surface area (Å²) in [5.74, 6) is 1.47. The molecule has 0 radical (unpaired) electrons.